The fraction of sp³-hybridized carbons (Fsp3) is 0.235. The standard InChI is InChI=1S/C17H15Cl2N3OS/c1-20-14-9-5-3-2-4-8(9)6-10(14)22-17(23)11-7-12-15(21-11)13(18)16(19)24-12/h2-5,7,10,14,20-21H,6H2,1H3,(H,22,23)/t10-,14?/m1/s1. The zero-order valence-corrected chi connectivity index (χ0v) is 15.1. The van der Waals surface area contributed by atoms with Crippen LogP contribution in [0.5, 0.6) is 0 Å². The van der Waals surface area contributed by atoms with Crippen LogP contribution in [0.2, 0.25) is 9.36 Å². The molecular formula is C17H15Cl2N3OS. The molecule has 0 aliphatic heterocycles. The number of aromatic nitrogens is 1. The second-order valence-corrected chi connectivity index (χ2v) is 7.89. The number of amides is 1. The van der Waals surface area contributed by atoms with Gasteiger partial charge in [0.05, 0.1) is 27.3 Å². The molecule has 2 atom stereocenters. The molecule has 7 heteroatoms. The topological polar surface area (TPSA) is 56.9 Å². The average molecular weight is 380 g/mol. The first-order valence-electron chi connectivity index (χ1n) is 7.61. The summed E-state index contributed by atoms with van der Waals surface area (Å²) in [6.45, 7) is 0. The molecule has 0 bridgehead atoms. The highest BCUT2D eigenvalue weighted by Gasteiger charge is 2.32. The van der Waals surface area contributed by atoms with E-state index in [-0.39, 0.29) is 18.0 Å². The molecule has 1 amide bonds. The van der Waals surface area contributed by atoms with E-state index in [0.717, 1.165) is 16.6 Å². The molecule has 3 aromatic rings. The Morgan fingerprint density at radius 1 is 1.33 bits per heavy atom. The third kappa shape index (κ3) is 2.52. The lowest BCUT2D eigenvalue weighted by Gasteiger charge is -2.21. The maximum atomic E-state index is 12.6. The number of H-pyrrole nitrogens is 1. The molecule has 0 saturated heterocycles. The molecule has 0 radical (unpaired) electrons. The molecule has 0 saturated carbocycles. The van der Waals surface area contributed by atoms with Crippen LogP contribution in [0.25, 0.3) is 10.2 Å². The summed E-state index contributed by atoms with van der Waals surface area (Å²) in [5.74, 6) is -0.136. The van der Waals surface area contributed by atoms with E-state index in [1.54, 1.807) is 6.07 Å². The zero-order valence-electron chi connectivity index (χ0n) is 12.8. The van der Waals surface area contributed by atoms with Gasteiger partial charge in [-0.2, -0.15) is 0 Å². The number of hydrogen-bond donors (Lipinski definition) is 3. The molecule has 4 nitrogen and oxygen atoms in total. The Morgan fingerprint density at radius 3 is 2.88 bits per heavy atom. The number of carbonyl (C=O) groups excluding carboxylic acids is 1. The Kier molecular flexibility index (Phi) is 4.04. The molecule has 124 valence electrons. The first kappa shape index (κ1) is 16.0. The normalized spacial score (nSPS) is 19.6. The lowest BCUT2D eigenvalue weighted by atomic mass is 10.1. The van der Waals surface area contributed by atoms with Gasteiger partial charge < -0.3 is 15.6 Å². The second kappa shape index (κ2) is 6.08. The average Bonchev–Trinajstić information content (AvgIpc) is 3.21. The molecule has 1 aliphatic carbocycles. The van der Waals surface area contributed by atoms with Crippen molar-refractivity contribution in [1.29, 1.82) is 0 Å². The minimum absolute atomic E-state index is 0.0142. The first-order chi connectivity index (χ1) is 11.6. The molecule has 2 aromatic heterocycles. The Morgan fingerprint density at radius 2 is 2.12 bits per heavy atom. The molecule has 0 fully saturated rings. The molecule has 0 spiro atoms. The molecule has 24 heavy (non-hydrogen) atoms. The van der Waals surface area contributed by atoms with Gasteiger partial charge >= 0.3 is 0 Å². The van der Waals surface area contributed by atoms with Gasteiger partial charge in [0, 0.05) is 0 Å². The smallest absolute Gasteiger partial charge is 0.268 e. The van der Waals surface area contributed by atoms with Crippen LogP contribution in [0.15, 0.2) is 30.3 Å². The van der Waals surface area contributed by atoms with Crippen LogP contribution < -0.4 is 10.6 Å². The van der Waals surface area contributed by atoms with Gasteiger partial charge in [-0.25, -0.2) is 0 Å². The van der Waals surface area contributed by atoms with E-state index in [9.17, 15) is 4.79 Å². The number of thiophene rings is 1. The van der Waals surface area contributed by atoms with Gasteiger partial charge in [0.1, 0.15) is 10.0 Å². The van der Waals surface area contributed by atoms with Crippen LogP contribution in [-0.4, -0.2) is 24.0 Å². The van der Waals surface area contributed by atoms with Crippen molar-refractivity contribution in [3.63, 3.8) is 0 Å². The second-order valence-electron chi connectivity index (χ2n) is 5.86. The van der Waals surface area contributed by atoms with Crippen molar-refractivity contribution in [3.05, 3.63) is 56.5 Å². The summed E-state index contributed by atoms with van der Waals surface area (Å²) in [6, 6.07) is 10.2. The Bertz CT molecular complexity index is 933. The minimum atomic E-state index is -0.136. The van der Waals surface area contributed by atoms with Crippen LogP contribution in [-0.2, 0) is 6.42 Å². The third-order valence-electron chi connectivity index (χ3n) is 4.48. The molecule has 2 heterocycles. The monoisotopic (exact) mass is 379 g/mol. The number of aromatic amines is 1. The number of benzene rings is 1. The highest BCUT2D eigenvalue weighted by molar-refractivity contribution is 7.23. The summed E-state index contributed by atoms with van der Waals surface area (Å²) in [7, 11) is 1.91. The van der Waals surface area contributed by atoms with Crippen molar-refractivity contribution in [1.82, 2.24) is 15.6 Å². The number of halogens is 2. The van der Waals surface area contributed by atoms with Crippen molar-refractivity contribution < 1.29 is 4.79 Å². The van der Waals surface area contributed by atoms with Gasteiger partial charge in [-0.15, -0.1) is 11.3 Å². The lowest BCUT2D eigenvalue weighted by Crippen LogP contribution is -2.41. The van der Waals surface area contributed by atoms with E-state index in [0.29, 0.717) is 15.1 Å². The van der Waals surface area contributed by atoms with E-state index >= 15 is 0 Å². The fourth-order valence-electron chi connectivity index (χ4n) is 3.37. The third-order valence-corrected chi connectivity index (χ3v) is 6.41. The maximum Gasteiger partial charge on any atom is 0.268 e. The van der Waals surface area contributed by atoms with E-state index < -0.39 is 0 Å². The molecule has 3 N–H and O–H groups in total. The SMILES string of the molecule is CNC1c2ccccc2C[C@H]1NC(=O)c1cc2sc(Cl)c(Cl)c2[nH]1. The minimum Gasteiger partial charge on any atom is -0.349 e. The number of nitrogens with one attached hydrogen (secondary N) is 3. The highest BCUT2D eigenvalue weighted by atomic mass is 35.5. The van der Waals surface area contributed by atoms with Crippen LogP contribution in [0.3, 0.4) is 0 Å². The number of rotatable bonds is 3. The van der Waals surface area contributed by atoms with E-state index in [2.05, 4.69) is 27.8 Å². The van der Waals surface area contributed by atoms with Crippen LogP contribution in [0, 0.1) is 0 Å². The molecular weight excluding hydrogens is 365 g/mol. The van der Waals surface area contributed by atoms with Gasteiger partial charge in [0.15, 0.2) is 0 Å². The quantitative estimate of drug-likeness (QED) is 0.639. The van der Waals surface area contributed by atoms with E-state index in [1.165, 1.54) is 22.5 Å². The number of fused-ring (bicyclic) bond motifs is 2. The van der Waals surface area contributed by atoms with Crippen molar-refractivity contribution in [2.45, 2.75) is 18.5 Å². The predicted molar refractivity (Wildman–Crippen MR) is 99.4 cm³/mol. The van der Waals surface area contributed by atoms with E-state index in [1.807, 2.05) is 19.2 Å². The van der Waals surface area contributed by atoms with Crippen LogP contribution in [0.4, 0.5) is 0 Å². The summed E-state index contributed by atoms with van der Waals surface area (Å²) < 4.78 is 1.42. The Labute approximate surface area is 153 Å². The summed E-state index contributed by atoms with van der Waals surface area (Å²) in [5.41, 5.74) is 3.73. The summed E-state index contributed by atoms with van der Waals surface area (Å²) in [5, 5.41) is 6.90. The van der Waals surface area contributed by atoms with Gasteiger partial charge in [-0.05, 0) is 30.7 Å². The van der Waals surface area contributed by atoms with Gasteiger partial charge in [-0.3, -0.25) is 4.79 Å². The van der Waals surface area contributed by atoms with Crippen molar-refractivity contribution >= 4 is 50.7 Å². The molecule has 1 aliphatic rings. The number of hydrogen-bond acceptors (Lipinski definition) is 3. The molecule has 1 aromatic carbocycles. The highest BCUT2D eigenvalue weighted by Crippen LogP contribution is 2.39. The predicted octanol–water partition coefficient (Wildman–Crippen LogP) is 4.15. The first-order valence-corrected chi connectivity index (χ1v) is 9.18. The Balaban J connectivity index is 1.57. The summed E-state index contributed by atoms with van der Waals surface area (Å²) in [6.07, 6.45) is 0.815. The lowest BCUT2D eigenvalue weighted by molar-refractivity contribution is 0.0926. The number of likely N-dealkylation sites (N-methyl/N-ethyl adjacent to an activating group) is 1. The van der Waals surface area contributed by atoms with Gasteiger partial charge in [0.2, 0.25) is 0 Å². The van der Waals surface area contributed by atoms with Crippen LogP contribution in [0.1, 0.15) is 27.7 Å². The van der Waals surface area contributed by atoms with E-state index in [4.69, 9.17) is 23.2 Å². The summed E-state index contributed by atoms with van der Waals surface area (Å²) in [4.78, 5) is 15.7. The Hall–Kier alpha value is -1.53. The largest absolute Gasteiger partial charge is 0.349 e. The van der Waals surface area contributed by atoms with Crippen molar-refractivity contribution in [2.75, 3.05) is 7.05 Å². The summed E-state index contributed by atoms with van der Waals surface area (Å²) >= 11 is 13.5. The molecule has 1 unspecified atom stereocenters. The van der Waals surface area contributed by atoms with Crippen molar-refractivity contribution in [2.24, 2.45) is 0 Å². The number of carbonyl (C=O) groups is 1. The van der Waals surface area contributed by atoms with Crippen LogP contribution >= 0.6 is 34.5 Å². The fourth-order valence-corrected chi connectivity index (χ4v) is 4.85. The van der Waals surface area contributed by atoms with Crippen molar-refractivity contribution in [3.8, 4) is 0 Å². The maximum absolute atomic E-state index is 12.6. The molecule has 4 rings (SSSR count). The van der Waals surface area contributed by atoms with Gasteiger partial charge in [0.25, 0.3) is 5.91 Å². The van der Waals surface area contributed by atoms with Gasteiger partial charge in [-0.1, -0.05) is 47.5 Å². The zero-order chi connectivity index (χ0) is 16.8.